The summed E-state index contributed by atoms with van der Waals surface area (Å²) in [5.41, 5.74) is -0.522. The van der Waals surface area contributed by atoms with Gasteiger partial charge in [0.15, 0.2) is 0 Å². The number of nitrogens with zero attached hydrogens (tertiary/aromatic N) is 1. The molecule has 4 nitrogen and oxygen atoms in total. The van der Waals surface area contributed by atoms with Crippen molar-refractivity contribution >= 4 is 11.4 Å². The lowest BCUT2D eigenvalue weighted by atomic mass is 10.1. The summed E-state index contributed by atoms with van der Waals surface area (Å²) in [6, 6.07) is 6.34. The molecule has 1 unspecified atom stereocenters. The Morgan fingerprint density at radius 1 is 1.14 bits per heavy atom. The minimum absolute atomic E-state index is 0.222. The number of hydrogen-bond acceptors (Lipinski definition) is 3. The Hall–Kier alpha value is -2.57. The number of nitro groups is 1. The van der Waals surface area contributed by atoms with Crippen LogP contribution in [0.25, 0.3) is 0 Å². The Balaban J connectivity index is 2.31. The highest BCUT2D eigenvalue weighted by Crippen LogP contribution is 2.28. The number of nitrogens with one attached hydrogen (secondary N) is 1. The molecule has 0 aliphatic carbocycles. The molecule has 0 bridgehead atoms. The maximum Gasteiger partial charge on any atom is 0.307 e. The number of benzene rings is 2. The van der Waals surface area contributed by atoms with E-state index < -0.39 is 34.1 Å². The van der Waals surface area contributed by atoms with Crippen molar-refractivity contribution < 1.29 is 18.1 Å². The normalized spacial score (nSPS) is 12.0. The van der Waals surface area contributed by atoms with Gasteiger partial charge in [-0.3, -0.25) is 10.1 Å². The largest absolute Gasteiger partial charge is 0.376 e. The third-order valence-corrected chi connectivity index (χ3v) is 2.95. The molecule has 0 aliphatic heterocycles. The Morgan fingerprint density at radius 3 is 2.48 bits per heavy atom. The van der Waals surface area contributed by atoms with E-state index in [1.807, 2.05) is 0 Å². The lowest BCUT2D eigenvalue weighted by Gasteiger charge is -2.16. The van der Waals surface area contributed by atoms with Crippen molar-refractivity contribution in [1.82, 2.24) is 0 Å². The van der Waals surface area contributed by atoms with E-state index in [4.69, 9.17) is 0 Å². The molecule has 2 rings (SSSR count). The summed E-state index contributed by atoms with van der Waals surface area (Å²) in [5.74, 6) is -2.66. The van der Waals surface area contributed by atoms with E-state index in [-0.39, 0.29) is 5.69 Å². The second kappa shape index (κ2) is 5.82. The molecule has 0 fully saturated rings. The van der Waals surface area contributed by atoms with Crippen LogP contribution in [0.5, 0.6) is 0 Å². The molecule has 0 aromatic heterocycles. The van der Waals surface area contributed by atoms with Crippen molar-refractivity contribution in [2.45, 2.75) is 13.0 Å². The second-order valence-corrected chi connectivity index (χ2v) is 4.46. The SMILES string of the molecule is CC(Nc1cc([N+](=O)[O-])c(F)cc1F)c1cccc(F)c1. The zero-order valence-corrected chi connectivity index (χ0v) is 10.9. The number of rotatable bonds is 4. The fourth-order valence-corrected chi connectivity index (χ4v) is 1.88. The molecule has 21 heavy (non-hydrogen) atoms. The first-order valence-electron chi connectivity index (χ1n) is 6.04. The van der Waals surface area contributed by atoms with Crippen LogP contribution in [0.1, 0.15) is 18.5 Å². The van der Waals surface area contributed by atoms with E-state index in [0.717, 1.165) is 6.07 Å². The molecule has 110 valence electrons. The Labute approximate surface area is 118 Å². The highest BCUT2D eigenvalue weighted by molar-refractivity contribution is 5.54. The van der Waals surface area contributed by atoms with E-state index in [1.165, 1.54) is 18.2 Å². The summed E-state index contributed by atoms with van der Waals surface area (Å²) in [7, 11) is 0. The van der Waals surface area contributed by atoms with Crippen LogP contribution in [0.2, 0.25) is 0 Å². The van der Waals surface area contributed by atoms with E-state index in [0.29, 0.717) is 11.6 Å². The fourth-order valence-electron chi connectivity index (χ4n) is 1.88. The highest BCUT2D eigenvalue weighted by atomic mass is 19.1. The van der Waals surface area contributed by atoms with Crippen LogP contribution in [-0.2, 0) is 0 Å². The number of hydrogen-bond donors (Lipinski definition) is 1. The number of anilines is 1. The molecular formula is C14H11F3N2O2. The molecule has 0 heterocycles. The van der Waals surface area contributed by atoms with Crippen molar-refractivity contribution in [3.8, 4) is 0 Å². The van der Waals surface area contributed by atoms with Crippen molar-refractivity contribution in [2.75, 3.05) is 5.32 Å². The van der Waals surface area contributed by atoms with E-state index in [9.17, 15) is 23.3 Å². The Morgan fingerprint density at radius 2 is 1.86 bits per heavy atom. The molecule has 0 saturated heterocycles. The monoisotopic (exact) mass is 296 g/mol. The Bertz CT molecular complexity index is 692. The predicted molar refractivity (Wildman–Crippen MR) is 71.5 cm³/mol. The third kappa shape index (κ3) is 3.31. The average Bonchev–Trinajstić information content (AvgIpc) is 2.41. The van der Waals surface area contributed by atoms with Gasteiger partial charge in [-0.25, -0.2) is 8.78 Å². The van der Waals surface area contributed by atoms with Gasteiger partial charge in [0.25, 0.3) is 0 Å². The molecule has 2 aromatic rings. The molecular weight excluding hydrogens is 285 g/mol. The van der Waals surface area contributed by atoms with Crippen molar-refractivity contribution in [3.63, 3.8) is 0 Å². The quantitative estimate of drug-likeness (QED) is 0.680. The first kappa shape index (κ1) is 14.8. The molecule has 7 heteroatoms. The predicted octanol–water partition coefficient (Wildman–Crippen LogP) is 4.19. The van der Waals surface area contributed by atoms with Crippen LogP contribution in [0.3, 0.4) is 0 Å². The summed E-state index contributed by atoms with van der Waals surface area (Å²) in [6.45, 7) is 1.63. The lowest BCUT2D eigenvalue weighted by Crippen LogP contribution is -2.09. The van der Waals surface area contributed by atoms with Gasteiger partial charge in [0.1, 0.15) is 11.6 Å². The van der Waals surface area contributed by atoms with E-state index >= 15 is 0 Å². The summed E-state index contributed by atoms with van der Waals surface area (Å²) in [4.78, 5) is 9.71. The first-order chi connectivity index (χ1) is 9.88. The van der Waals surface area contributed by atoms with Crippen LogP contribution >= 0.6 is 0 Å². The van der Waals surface area contributed by atoms with Gasteiger partial charge in [0.2, 0.25) is 5.82 Å². The summed E-state index contributed by atoms with van der Waals surface area (Å²) < 4.78 is 40.0. The molecule has 0 radical (unpaired) electrons. The first-order valence-corrected chi connectivity index (χ1v) is 6.04. The highest BCUT2D eigenvalue weighted by Gasteiger charge is 2.19. The molecule has 2 aromatic carbocycles. The zero-order chi connectivity index (χ0) is 15.6. The van der Waals surface area contributed by atoms with E-state index in [2.05, 4.69) is 5.32 Å². The summed E-state index contributed by atoms with van der Waals surface area (Å²) in [6.07, 6.45) is 0. The Kier molecular flexibility index (Phi) is 4.11. The van der Waals surface area contributed by atoms with Gasteiger partial charge in [-0.05, 0) is 24.6 Å². The van der Waals surface area contributed by atoms with Crippen LogP contribution < -0.4 is 5.32 Å². The van der Waals surface area contributed by atoms with Gasteiger partial charge >= 0.3 is 5.69 Å². The summed E-state index contributed by atoms with van der Waals surface area (Å²) >= 11 is 0. The molecule has 1 N–H and O–H groups in total. The van der Waals surface area contributed by atoms with Crippen molar-refractivity contribution in [2.24, 2.45) is 0 Å². The molecule has 0 saturated carbocycles. The van der Waals surface area contributed by atoms with Crippen LogP contribution in [0, 0.1) is 27.6 Å². The summed E-state index contributed by atoms with van der Waals surface area (Å²) in [5, 5.41) is 13.3. The standard InChI is InChI=1S/C14H11F3N2O2/c1-8(9-3-2-4-10(15)5-9)18-13-7-14(19(20)21)12(17)6-11(13)16/h2-8,18H,1H3. The van der Waals surface area contributed by atoms with Gasteiger partial charge in [0, 0.05) is 18.2 Å². The van der Waals surface area contributed by atoms with E-state index in [1.54, 1.807) is 13.0 Å². The van der Waals surface area contributed by atoms with Crippen molar-refractivity contribution in [3.05, 3.63) is 69.5 Å². The van der Waals surface area contributed by atoms with Crippen LogP contribution in [0.4, 0.5) is 24.5 Å². The van der Waals surface area contributed by atoms with Gasteiger partial charge in [-0.15, -0.1) is 0 Å². The number of halogens is 3. The fraction of sp³-hybridized carbons (Fsp3) is 0.143. The van der Waals surface area contributed by atoms with Gasteiger partial charge in [-0.1, -0.05) is 12.1 Å². The van der Waals surface area contributed by atoms with Crippen molar-refractivity contribution in [1.29, 1.82) is 0 Å². The molecule has 0 amide bonds. The number of nitro benzene ring substituents is 1. The minimum atomic E-state index is -1.25. The van der Waals surface area contributed by atoms with Gasteiger partial charge in [0.05, 0.1) is 10.6 Å². The minimum Gasteiger partial charge on any atom is -0.376 e. The average molecular weight is 296 g/mol. The molecule has 1 atom stereocenters. The van der Waals surface area contributed by atoms with Gasteiger partial charge < -0.3 is 5.32 Å². The van der Waals surface area contributed by atoms with Crippen LogP contribution in [-0.4, -0.2) is 4.92 Å². The molecule has 0 spiro atoms. The molecule has 0 aliphatic rings. The lowest BCUT2D eigenvalue weighted by molar-refractivity contribution is -0.387. The topological polar surface area (TPSA) is 55.2 Å². The third-order valence-electron chi connectivity index (χ3n) is 2.95. The maximum absolute atomic E-state index is 13.7. The smallest absolute Gasteiger partial charge is 0.307 e. The second-order valence-electron chi connectivity index (χ2n) is 4.46. The van der Waals surface area contributed by atoms with Crippen LogP contribution in [0.15, 0.2) is 36.4 Å². The van der Waals surface area contributed by atoms with Gasteiger partial charge in [-0.2, -0.15) is 4.39 Å². The maximum atomic E-state index is 13.7. The zero-order valence-electron chi connectivity index (χ0n) is 10.9.